The topological polar surface area (TPSA) is 15.3 Å². The van der Waals surface area contributed by atoms with Crippen molar-refractivity contribution < 1.29 is 0 Å². The van der Waals surface area contributed by atoms with Gasteiger partial charge in [-0.05, 0) is 49.4 Å². The van der Waals surface area contributed by atoms with Crippen LogP contribution in [0, 0.1) is 0 Å². The van der Waals surface area contributed by atoms with Gasteiger partial charge in [0, 0.05) is 19.1 Å². The molecule has 2 heteroatoms. The Labute approximate surface area is 124 Å². The van der Waals surface area contributed by atoms with Crippen LogP contribution in [0.4, 0.5) is 0 Å². The lowest BCUT2D eigenvalue weighted by molar-refractivity contribution is 0.239. The Balaban J connectivity index is 1.87. The maximum absolute atomic E-state index is 3.58. The first-order chi connectivity index (χ1) is 9.70. The van der Waals surface area contributed by atoms with Crippen molar-refractivity contribution in [1.29, 1.82) is 0 Å². The Hall–Kier alpha value is -0.860. The molecule has 1 aromatic carbocycles. The van der Waals surface area contributed by atoms with E-state index in [1.165, 1.54) is 36.9 Å². The Kier molecular flexibility index (Phi) is 6.06. The van der Waals surface area contributed by atoms with Gasteiger partial charge in [0.25, 0.3) is 0 Å². The van der Waals surface area contributed by atoms with Gasteiger partial charge >= 0.3 is 0 Å². The van der Waals surface area contributed by atoms with E-state index in [0.717, 1.165) is 25.7 Å². The molecule has 0 bridgehead atoms. The first kappa shape index (κ1) is 15.5. The van der Waals surface area contributed by atoms with Gasteiger partial charge in [-0.1, -0.05) is 45.0 Å². The average Bonchev–Trinajstić information content (AvgIpc) is 2.87. The van der Waals surface area contributed by atoms with E-state index in [9.17, 15) is 0 Å². The van der Waals surface area contributed by atoms with Crippen LogP contribution < -0.4 is 5.32 Å². The van der Waals surface area contributed by atoms with E-state index in [4.69, 9.17) is 0 Å². The first-order valence-electron chi connectivity index (χ1n) is 8.24. The summed E-state index contributed by atoms with van der Waals surface area (Å²) in [5.74, 6) is 0.627. The molecule has 1 saturated heterocycles. The molecule has 1 aliphatic heterocycles. The van der Waals surface area contributed by atoms with Crippen LogP contribution >= 0.6 is 0 Å². The SMILES string of the molecule is CCCNCC1CCCN1Cc1ccc(C(C)C)cc1. The van der Waals surface area contributed by atoms with E-state index >= 15 is 0 Å². The maximum atomic E-state index is 3.58. The highest BCUT2D eigenvalue weighted by Gasteiger charge is 2.23. The van der Waals surface area contributed by atoms with E-state index in [1.54, 1.807) is 0 Å². The number of nitrogens with zero attached hydrogens (tertiary/aromatic N) is 1. The summed E-state index contributed by atoms with van der Waals surface area (Å²) in [6.45, 7) is 11.4. The van der Waals surface area contributed by atoms with E-state index in [-0.39, 0.29) is 0 Å². The highest BCUT2D eigenvalue weighted by molar-refractivity contribution is 5.24. The molecule has 20 heavy (non-hydrogen) atoms. The molecule has 0 aromatic heterocycles. The summed E-state index contributed by atoms with van der Waals surface area (Å²) in [6, 6.07) is 9.93. The minimum atomic E-state index is 0.627. The third-order valence-corrected chi connectivity index (χ3v) is 4.34. The van der Waals surface area contributed by atoms with Crippen molar-refractivity contribution in [3.63, 3.8) is 0 Å². The molecule has 1 heterocycles. The quantitative estimate of drug-likeness (QED) is 0.761. The zero-order valence-corrected chi connectivity index (χ0v) is 13.4. The molecular weight excluding hydrogens is 244 g/mol. The van der Waals surface area contributed by atoms with Gasteiger partial charge in [-0.15, -0.1) is 0 Å². The molecule has 2 rings (SSSR count). The summed E-state index contributed by atoms with van der Waals surface area (Å²) in [6.07, 6.45) is 3.92. The molecule has 1 aliphatic rings. The standard InChI is InChI=1S/C18H30N2/c1-4-11-19-13-18-6-5-12-20(18)14-16-7-9-17(10-8-16)15(2)3/h7-10,15,18-19H,4-6,11-14H2,1-3H3. The van der Waals surface area contributed by atoms with Gasteiger partial charge < -0.3 is 5.32 Å². The fourth-order valence-electron chi connectivity index (χ4n) is 3.02. The molecule has 1 fully saturated rings. The zero-order chi connectivity index (χ0) is 14.4. The molecule has 0 aliphatic carbocycles. The number of likely N-dealkylation sites (tertiary alicyclic amines) is 1. The summed E-state index contributed by atoms with van der Waals surface area (Å²) in [5.41, 5.74) is 2.90. The second-order valence-electron chi connectivity index (χ2n) is 6.37. The fourth-order valence-corrected chi connectivity index (χ4v) is 3.02. The lowest BCUT2D eigenvalue weighted by atomic mass is 10.0. The van der Waals surface area contributed by atoms with Crippen LogP contribution in [0.5, 0.6) is 0 Å². The molecule has 0 amide bonds. The minimum Gasteiger partial charge on any atom is -0.315 e. The summed E-state index contributed by atoms with van der Waals surface area (Å²) in [7, 11) is 0. The summed E-state index contributed by atoms with van der Waals surface area (Å²) >= 11 is 0. The molecule has 0 saturated carbocycles. The average molecular weight is 274 g/mol. The Bertz CT molecular complexity index is 383. The van der Waals surface area contributed by atoms with Gasteiger partial charge in [0.2, 0.25) is 0 Å². The highest BCUT2D eigenvalue weighted by atomic mass is 15.2. The van der Waals surface area contributed by atoms with Crippen LogP contribution in [-0.4, -0.2) is 30.6 Å². The second-order valence-corrected chi connectivity index (χ2v) is 6.37. The third-order valence-electron chi connectivity index (χ3n) is 4.34. The molecule has 112 valence electrons. The molecule has 2 nitrogen and oxygen atoms in total. The molecule has 0 spiro atoms. The zero-order valence-electron chi connectivity index (χ0n) is 13.4. The van der Waals surface area contributed by atoms with Crippen LogP contribution in [0.1, 0.15) is 57.1 Å². The summed E-state index contributed by atoms with van der Waals surface area (Å²) in [4.78, 5) is 2.65. The van der Waals surface area contributed by atoms with E-state index in [1.807, 2.05) is 0 Å². The summed E-state index contributed by atoms with van der Waals surface area (Å²) < 4.78 is 0. The molecule has 1 unspecified atom stereocenters. The van der Waals surface area contributed by atoms with Crippen LogP contribution in [0.3, 0.4) is 0 Å². The van der Waals surface area contributed by atoms with Gasteiger partial charge in [-0.25, -0.2) is 0 Å². The van der Waals surface area contributed by atoms with Gasteiger partial charge in [0.05, 0.1) is 0 Å². The largest absolute Gasteiger partial charge is 0.315 e. The van der Waals surface area contributed by atoms with Crippen molar-refractivity contribution in [3.05, 3.63) is 35.4 Å². The molecule has 1 N–H and O–H groups in total. The Morgan fingerprint density at radius 3 is 2.65 bits per heavy atom. The lowest BCUT2D eigenvalue weighted by Gasteiger charge is -2.25. The van der Waals surface area contributed by atoms with Crippen molar-refractivity contribution in [2.45, 2.75) is 58.5 Å². The Morgan fingerprint density at radius 1 is 1.25 bits per heavy atom. The van der Waals surface area contributed by atoms with Gasteiger partial charge in [0.15, 0.2) is 0 Å². The maximum Gasteiger partial charge on any atom is 0.0237 e. The van der Waals surface area contributed by atoms with Gasteiger partial charge in [-0.3, -0.25) is 4.90 Å². The first-order valence-corrected chi connectivity index (χ1v) is 8.24. The molecule has 0 radical (unpaired) electrons. The van der Waals surface area contributed by atoms with Crippen LogP contribution in [-0.2, 0) is 6.54 Å². The van der Waals surface area contributed by atoms with E-state index < -0.39 is 0 Å². The number of benzene rings is 1. The smallest absolute Gasteiger partial charge is 0.0237 e. The number of hydrogen-bond acceptors (Lipinski definition) is 2. The molecular formula is C18H30N2. The predicted octanol–water partition coefficient (Wildman–Crippen LogP) is 3.77. The van der Waals surface area contributed by atoms with Gasteiger partial charge in [-0.2, -0.15) is 0 Å². The fraction of sp³-hybridized carbons (Fsp3) is 0.667. The summed E-state index contributed by atoms with van der Waals surface area (Å²) in [5, 5.41) is 3.58. The predicted molar refractivity (Wildman–Crippen MR) is 87.1 cm³/mol. The second kappa shape index (κ2) is 7.80. The monoisotopic (exact) mass is 274 g/mol. The number of rotatable bonds is 7. The van der Waals surface area contributed by atoms with Crippen LogP contribution in [0.15, 0.2) is 24.3 Å². The number of hydrogen-bond donors (Lipinski definition) is 1. The van der Waals surface area contributed by atoms with E-state index in [2.05, 4.69) is 55.3 Å². The van der Waals surface area contributed by atoms with Crippen molar-refractivity contribution in [3.8, 4) is 0 Å². The molecule has 1 atom stereocenters. The van der Waals surface area contributed by atoms with Crippen molar-refractivity contribution in [2.75, 3.05) is 19.6 Å². The number of nitrogens with one attached hydrogen (secondary N) is 1. The van der Waals surface area contributed by atoms with Crippen LogP contribution in [0.25, 0.3) is 0 Å². The van der Waals surface area contributed by atoms with E-state index in [0.29, 0.717) is 5.92 Å². The highest BCUT2D eigenvalue weighted by Crippen LogP contribution is 2.21. The third kappa shape index (κ3) is 4.32. The van der Waals surface area contributed by atoms with Crippen LogP contribution in [0.2, 0.25) is 0 Å². The Morgan fingerprint density at radius 2 is 2.00 bits per heavy atom. The minimum absolute atomic E-state index is 0.627. The molecule has 1 aromatic rings. The lowest BCUT2D eigenvalue weighted by Crippen LogP contribution is -2.37. The van der Waals surface area contributed by atoms with Crippen molar-refractivity contribution in [2.24, 2.45) is 0 Å². The van der Waals surface area contributed by atoms with Gasteiger partial charge in [0.1, 0.15) is 0 Å². The van der Waals surface area contributed by atoms with Crippen molar-refractivity contribution >= 4 is 0 Å². The normalized spacial score (nSPS) is 19.9. The van der Waals surface area contributed by atoms with Crippen molar-refractivity contribution in [1.82, 2.24) is 10.2 Å².